The molecule has 14 nitrogen and oxygen atoms in total. The van der Waals surface area contributed by atoms with Gasteiger partial charge in [-0.1, -0.05) is 50.2 Å². The van der Waals surface area contributed by atoms with Crippen molar-refractivity contribution >= 4 is 26.0 Å². The molecule has 56 heavy (non-hydrogen) atoms. The predicted octanol–water partition coefficient (Wildman–Crippen LogP) is 4.03. The third kappa shape index (κ3) is 9.50. The van der Waals surface area contributed by atoms with Crippen LogP contribution in [0.3, 0.4) is 0 Å². The minimum absolute atomic E-state index is 0.0371. The summed E-state index contributed by atoms with van der Waals surface area (Å²) in [5.74, 6) is 0.529. The molecule has 306 valence electrons. The van der Waals surface area contributed by atoms with Gasteiger partial charge >= 0.3 is 6.09 Å². The highest BCUT2D eigenvalue weighted by molar-refractivity contribution is 7.93. The van der Waals surface area contributed by atoms with Gasteiger partial charge in [-0.2, -0.15) is 4.31 Å². The third-order valence-electron chi connectivity index (χ3n) is 10.7. The molecule has 1 spiro atoms. The van der Waals surface area contributed by atoms with Gasteiger partial charge in [0.1, 0.15) is 35.2 Å². The van der Waals surface area contributed by atoms with E-state index in [0.717, 1.165) is 23.2 Å². The van der Waals surface area contributed by atoms with E-state index in [1.165, 1.54) is 22.5 Å². The average molecular weight is 816 g/mol. The van der Waals surface area contributed by atoms with Crippen molar-refractivity contribution < 1.29 is 50.8 Å². The van der Waals surface area contributed by atoms with Gasteiger partial charge in [-0.05, 0) is 79.6 Å². The summed E-state index contributed by atoms with van der Waals surface area (Å²) in [6.45, 7) is 6.81. The van der Waals surface area contributed by atoms with Crippen LogP contribution in [0, 0.1) is 0 Å². The quantitative estimate of drug-likeness (QED) is 0.153. The largest absolute Gasteiger partial charge is 0.492 e. The monoisotopic (exact) mass is 815 g/mol. The van der Waals surface area contributed by atoms with E-state index in [1.807, 2.05) is 37.3 Å². The molecule has 16 heteroatoms. The Morgan fingerprint density at radius 3 is 2.34 bits per heavy atom. The number of carbonyl (C=O) groups is 1. The van der Waals surface area contributed by atoms with Crippen LogP contribution in [0.2, 0.25) is 0 Å². The molecule has 2 saturated heterocycles. The number of benzene rings is 3. The number of nitrogens with zero attached hydrogens (tertiary/aromatic N) is 1. The molecule has 3 aliphatic rings. The van der Waals surface area contributed by atoms with Crippen LogP contribution < -0.4 is 20.1 Å². The Morgan fingerprint density at radius 2 is 1.68 bits per heavy atom. The lowest BCUT2D eigenvalue weighted by Crippen LogP contribution is -2.46. The van der Waals surface area contributed by atoms with Gasteiger partial charge in [-0.25, -0.2) is 21.6 Å². The third-order valence-corrected chi connectivity index (χ3v) is 15.1. The van der Waals surface area contributed by atoms with E-state index in [2.05, 4.69) is 24.5 Å². The molecule has 0 aromatic heterocycles. The smallest absolute Gasteiger partial charge is 0.407 e. The fourth-order valence-electron chi connectivity index (χ4n) is 7.08. The molecule has 1 amide bonds. The molecular weight excluding hydrogens is 763 g/mol. The van der Waals surface area contributed by atoms with Crippen molar-refractivity contribution in [3.8, 4) is 22.6 Å². The second kappa shape index (κ2) is 17.4. The minimum Gasteiger partial charge on any atom is -0.492 e. The number of carbonyl (C=O) groups excluding carboxylic acids is 1. The molecular formula is C40H53N3O11S2. The number of hydrogen-bond donors (Lipinski definition) is 4. The first-order valence-corrected chi connectivity index (χ1v) is 22.1. The number of ether oxygens (including phenoxy) is 4. The molecule has 3 aromatic rings. The summed E-state index contributed by atoms with van der Waals surface area (Å²) in [7, 11) is -7.66. The van der Waals surface area contributed by atoms with Crippen molar-refractivity contribution in [1.82, 2.24) is 14.9 Å². The van der Waals surface area contributed by atoms with Crippen LogP contribution in [-0.2, 0) is 35.9 Å². The molecule has 2 heterocycles. The Hall–Kier alpha value is -3.77. The van der Waals surface area contributed by atoms with Crippen LogP contribution >= 0.6 is 0 Å². The van der Waals surface area contributed by atoms with Crippen LogP contribution in [0.4, 0.5) is 4.79 Å². The number of aliphatic hydroxyl groups excluding tert-OH is 2. The maximum atomic E-state index is 14.1. The SMILES string of the molecule is CCOc1ccc(-c2ccc(CNC(C)C)cc2)cc1S(=O)(=O)N1CCC2(CC1)C[C@@H](OC(=O)NCC(O)COc1cccc(S(=O)(=O)C3(CO)CC3)c1)CO2. The van der Waals surface area contributed by atoms with E-state index >= 15 is 0 Å². The lowest BCUT2D eigenvalue weighted by atomic mass is 9.89. The number of sulfonamides is 1. The lowest BCUT2D eigenvalue weighted by molar-refractivity contribution is -0.0325. The molecule has 0 bridgehead atoms. The Balaban J connectivity index is 0.980. The minimum atomic E-state index is -3.92. The van der Waals surface area contributed by atoms with Crippen LogP contribution in [0.25, 0.3) is 11.1 Å². The number of aliphatic hydroxyl groups is 2. The highest BCUT2D eigenvalue weighted by atomic mass is 32.2. The molecule has 2 atom stereocenters. The van der Waals surface area contributed by atoms with Crippen LogP contribution in [0.1, 0.15) is 58.4 Å². The van der Waals surface area contributed by atoms with E-state index in [0.29, 0.717) is 50.5 Å². The number of nitrogens with one attached hydrogen (secondary N) is 2. The fourth-order valence-corrected chi connectivity index (χ4v) is 10.5. The van der Waals surface area contributed by atoms with E-state index < -0.39 is 55.1 Å². The Morgan fingerprint density at radius 1 is 0.964 bits per heavy atom. The Kier molecular flexibility index (Phi) is 13.0. The first-order chi connectivity index (χ1) is 26.7. The second-order valence-electron chi connectivity index (χ2n) is 15.1. The van der Waals surface area contributed by atoms with Gasteiger partial charge in [-0.3, -0.25) is 0 Å². The number of alkyl carbamates (subject to hydrolysis) is 1. The van der Waals surface area contributed by atoms with E-state index in [-0.39, 0.29) is 48.4 Å². The normalized spacial score (nSPS) is 19.8. The Bertz CT molecular complexity index is 2050. The van der Waals surface area contributed by atoms with E-state index in [9.17, 15) is 31.8 Å². The van der Waals surface area contributed by atoms with Gasteiger partial charge in [0.2, 0.25) is 10.0 Å². The van der Waals surface area contributed by atoms with Gasteiger partial charge in [0.25, 0.3) is 0 Å². The summed E-state index contributed by atoms with van der Waals surface area (Å²) < 4.78 is 77.4. The predicted molar refractivity (Wildman–Crippen MR) is 209 cm³/mol. The van der Waals surface area contributed by atoms with Crippen LogP contribution in [-0.4, -0.2) is 112 Å². The zero-order valence-corrected chi connectivity index (χ0v) is 33.7. The van der Waals surface area contributed by atoms with Crippen molar-refractivity contribution in [3.63, 3.8) is 0 Å². The summed E-state index contributed by atoms with van der Waals surface area (Å²) >= 11 is 0. The molecule has 3 aromatic carbocycles. The van der Waals surface area contributed by atoms with Crippen molar-refractivity contribution in [3.05, 3.63) is 72.3 Å². The molecule has 0 radical (unpaired) electrons. The summed E-state index contributed by atoms with van der Waals surface area (Å²) in [6, 6.07) is 19.6. The first-order valence-electron chi connectivity index (χ1n) is 19.1. The summed E-state index contributed by atoms with van der Waals surface area (Å²) in [5.41, 5.74) is 2.16. The van der Waals surface area contributed by atoms with Crippen molar-refractivity contribution in [2.75, 3.05) is 46.1 Å². The number of amides is 1. The maximum absolute atomic E-state index is 14.1. The van der Waals surface area contributed by atoms with Crippen LogP contribution in [0.5, 0.6) is 11.5 Å². The highest BCUT2D eigenvalue weighted by Gasteiger charge is 2.54. The molecule has 4 N–H and O–H groups in total. The summed E-state index contributed by atoms with van der Waals surface area (Å²) in [4.78, 5) is 12.8. The molecule has 1 unspecified atom stereocenters. The maximum Gasteiger partial charge on any atom is 0.407 e. The topological polar surface area (TPSA) is 190 Å². The number of hydrogen-bond acceptors (Lipinski definition) is 12. The van der Waals surface area contributed by atoms with Gasteiger partial charge in [0.05, 0.1) is 41.6 Å². The van der Waals surface area contributed by atoms with Crippen molar-refractivity contribution in [2.45, 2.75) is 97.8 Å². The molecule has 6 rings (SSSR count). The fraction of sp³-hybridized carbons (Fsp3) is 0.525. The van der Waals surface area contributed by atoms with E-state index in [4.69, 9.17) is 18.9 Å². The average Bonchev–Trinajstić information content (AvgIpc) is 3.92. The second-order valence-corrected chi connectivity index (χ2v) is 19.4. The van der Waals surface area contributed by atoms with Gasteiger partial charge in [0, 0.05) is 32.1 Å². The standard InChI is InChI=1S/C40H53N3O11S2/c1-4-51-36-13-12-31(30-10-8-29(9-11-30)23-41-28(2)3)20-37(36)56(49,50)43-18-16-39(17-19-43)22-34(26-53-39)54-38(46)42-24-32(45)25-52-33-6-5-7-35(21-33)55(47,48)40(27-44)14-15-40/h5-13,20-21,28,32,34,41,44-45H,4,14-19,22-27H2,1-3H3,(H,42,46)/t32?,34-/m1/s1. The van der Waals surface area contributed by atoms with Crippen molar-refractivity contribution in [2.24, 2.45) is 0 Å². The van der Waals surface area contributed by atoms with Gasteiger partial charge < -0.3 is 39.8 Å². The molecule has 2 aliphatic heterocycles. The van der Waals surface area contributed by atoms with Gasteiger partial charge in [0.15, 0.2) is 9.84 Å². The van der Waals surface area contributed by atoms with Crippen molar-refractivity contribution in [1.29, 1.82) is 0 Å². The number of piperidine rings is 1. The zero-order chi connectivity index (χ0) is 40.1. The molecule has 1 saturated carbocycles. The number of rotatable bonds is 17. The Labute approximate surface area is 329 Å². The zero-order valence-electron chi connectivity index (χ0n) is 32.1. The molecule has 3 fully saturated rings. The highest BCUT2D eigenvalue weighted by Crippen LogP contribution is 2.46. The molecule has 1 aliphatic carbocycles. The number of sulfone groups is 1. The summed E-state index contributed by atoms with van der Waals surface area (Å²) in [5, 5.41) is 25.9. The first kappa shape index (κ1) is 41.9. The lowest BCUT2D eigenvalue weighted by Gasteiger charge is -2.38. The van der Waals surface area contributed by atoms with E-state index in [1.54, 1.807) is 18.2 Å². The van der Waals surface area contributed by atoms with Gasteiger partial charge in [-0.15, -0.1) is 0 Å². The summed E-state index contributed by atoms with van der Waals surface area (Å²) in [6.07, 6.45) is -0.383. The van der Waals surface area contributed by atoms with Crippen LogP contribution in [0.15, 0.2) is 76.5 Å².